The molecule has 0 bridgehead atoms. The van der Waals surface area contributed by atoms with Gasteiger partial charge < -0.3 is 4.98 Å². The molecule has 0 radical (unpaired) electrons. The Balaban J connectivity index is 1.51. The zero-order valence-corrected chi connectivity index (χ0v) is 19.2. The number of hydrogen-bond acceptors (Lipinski definition) is 5. The van der Waals surface area contributed by atoms with E-state index in [1.54, 1.807) is 11.0 Å². The first kappa shape index (κ1) is 21.5. The van der Waals surface area contributed by atoms with Crippen LogP contribution in [-0.4, -0.2) is 36.6 Å². The highest BCUT2D eigenvalue weighted by atomic mass is 32.2. The molecule has 3 aromatic rings. The second kappa shape index (κ2) is 7.89. The summed E-state index contributed by atoms with van der Waals surface area (Å²) in [6.45, 7) is 2.02. The molecule has 8 nitrogen and oxygen atoms in total. The standard InChI is InChI=1S/C24H25N5O3S/c1-2-16-11-17(28-33(31,32)14-24(13-25)8-9-24)3-6-19(16)21-12-22(29(15-30)18-4-5-18)27-23-20(21)7-10-26-23/h3,6-7,10-12,15,18,28H,2,4-5,8-9,14H2,1H3,(H,26,27). The van der Waals surface area contributed by atoms with Crippen molar-refractivity contribution in [2.24, 2.45) is 5.41 Å². The van der Waals surface area contributed by atoms with Crippen LogP contribution < -0.4 is 9.62 Å². The molecule has 2 heterocycles. The van der Waals surface area contributed by atoms with Gasteiger partial charge in [0.15, 0.2) is 0 Å². The molecule has 0 atom stereocenters. The summed E-state index contributed by atoms with van der Waals surface area (Å²) >= 11 is 0. The van der Waals surface area contributed by atoms with Gasteiger partial charge in [-0.2, -0.15) is 5.26 Å². The van der Waals surface area contributed by atoms with Gasteiger partial charge in [0.2, 0.25) is 16.4 Å². The number of nitrogens with zero attached hydrogens (tertiary/aromatic N) is 3. The number of sulfonamides is 1. The fraction of sp³-hybridized carbons (Fsp3) is 0.375. The summed E-state index contributed by atoms with van der Waals surface area (Å²) in [6.07, 6.45) is 6.55. The van der Waals surface area contributed by atoms with Crippen LogP contribution in [0.5, 0.6) is 0 Å². The highest BCUT2D eigenvalue weighted by Gasteiger charge is 2.47. The molecule has 9 heteroatoms. The van der Waals surface area contributed by atoms with Gasteiger partial charge in [0.1, 0.15) is 11.5 Å². The van der Waals surface area contributed by atoms with Crippen molar-refractivity contribution in [3.63, 3.8) is 0 Å². The van der Waals surface area contributed by atoms with Gasteiger partial charge >= 0.3 is 0 Å². The quantitative estimate of drug-likeness (QED) is 0.466. The average Bonchev–Trinajstić information content (AvgIpc) is 3.72. The molecule has 2 fully saturated rings. The molecular formula is C24H25N5O3S. The number of H-pyrrole nitrogens is 1. The maximum Gasteiger partial charge on any atom is 0.234 e. The molecule has 2 aromatic heterocycles. The molecule has 170 valence electrons. The normalized spacial score (nSPS) is 16.8. The lowest BCUT2D eigenvalue weighted by Crippen LogP contribution is -2.24. The van der Waals surface area contributed by atoms with E-state index in [0.29, 0.717) is 36.4 Å². The van der Waals surface area contributed by atoms with E-state index in [1.807, 2.05) is 37.4 Å². The molecule has 1 aromatic carbocycles. The Morgan fingerprint density at radius 1 is 1.27 bits per heavy atom. The largest absolute Gasteiger partial charge is 0.346 e. The summed E-state index contributed by atoms with van der Waals surface area (Å²) in [4.78, 5) is 21.2. The highest BCUT2D eigenvalue weighted by molar-refractivity contribution is 7.92. The van der Waals surface area contributed by atoms with E-state index in [1.165, 1.54) is 0 Å². The maximum absolute atomic E-state index is 12.6. The van der Waals surface area contributed by atoms with Crippen molar-refractivity contribution in [3.8, 4) is 17.2 Å². The van der Waals surface area contributed by atoms with E-state index < -0.39 is 15.4 Å². The third kappa shape index (κ3) is 4.18. The maximum atomic E-state index is 12.6. The van der Waals surface area contributed by atoms with Crippen molar-refractivity contribution in [2.75, 3.05) is 15.4 Å². The van der Waals surface area contributed by atoms with Gasteiger partial charge in [-0.15, -0.1) is 0 Å². The van der Waals surface area contributed by atoms with Crippen LogP contribution in [0.2, 0.25) is 0 Å². The average molecular weight is 464 g/mol. The summed E-state index contributed by atoms with van der Waals surface area (Å²) in [6, 6.07) is 11.7. The molecular weight excluding hydrogens is 438 g/mol. The van der Waals surface area contributed by atoms with Crippen LogP contribution >= 0.6 is 0 Å². The fourth-order valence-corrected chi connectivity index (χ4v) is 5.93. The third-order valence-electron chi connectivity index (χ3n) is 6.44. The van der Waals surface area contributed by atoms with Crippen molar-refractivity contribution in [3.05, 3.63) is 42.1 Å². The monoisotopic (exact) mass is 463 g/mol. The van der Waals surface area contributed by atoms with Crippen LogP contribution in [0.25, 0.3) is 22.2 Å². The topological polar surface area (TPSA) is 119 Å². The van der Waals surface area contributed by atoms with Crippen LogP contribution in [0.15, 0.2) is 36.5 Å². The Kier molecular flexibility index (Phi) is 5.13. The molecule has 0 aliphatic heterocycles. The van der Waals surface area contributed by atoms with Gasteiger partial charge in [0, 0.05) is 23.3 Å². The number of nitriles is 1. The molecule has 0 saturated heterocycles. The number of aromatic nitrogens is 2. The number of aryl methyl sites for hydroxylation is 1. The zero-order chi connectivity index (χ0) is 23.2. The van der Waals surface area contributed by atoms with Crippen LogP contribution in [0.1, 0.15) is 38.2 Å². The Bertz CT molecular complexity index is 1380. The molecule has 0 unspecified atom stereocenters. The number of pyridine rings is 1. The Morgan fingerprint density at radius 3 is 2.70 bits per heavy atom. The van der Waals surface area contributed by atoms with Gasteiger partial charge in [-0.1, -0.05) is 13.0 Å². The molecule has 33 heavy (non-hydrogen) atoms. The number of rotatable bonds is 9. The highest BCUT2D eigenvalue weighted by Crippen LogP contribution is 2.46. The lowest BCUT2D eigenvalue weighted by molar-refractivity contribution is -0.107. The van der Waals surface area contributed by atoms with E-state index in [2.05, 4.69) is 20.8 Å². The number of fused-ring (bicyclic) bond motifs is 1. The number of carbonyl (C=O) groups excluding carboxylic acids is 1. The van der Waals surface area contributed by atoms with Crippen LogP contribution in [0.4, 0.5) is 11.5 Å². The number of anilines is 2. The minimum atomic E-state index is -3.63. The first-order valence-electron chi connectivity index (χ1n) is 11.1. The van der Waals surface area contributed by atoms with E-state index >= 15 is 0 Å². The molecule has 2 aliphatic rings. The lowest BCUT2D eigenvalue weighted by Gasteiger charge is -2.18. The van der Waals surface area contributed by atoms with Crippen molar-refractivity contribution in [2.45, 2.75) is 45.1 Å². The summed E-state index contributed by atoms with van der Waals surface area (Å²) in [5, 5.41) is 10.2. The number of benzene rings is 1. The molecule has 1 amide bonds. The number of carbonyl (C=O) groups is 1. The minimum absolute atomic E-state index is 0.180. The lowest BCUT2D eigenvalue weighted by atomic mass is 9.96. The van der Waals surface area contributed by atoms with Gasteiger partial charge in [-0.3, -0.25) is 14.4 Å². The van der Waals surface area contributed by atoms with Crippen molar-refractivity contribution in [1.82, 2.24) is 9.97 Å². The molecule has 2 N–H and O–H groups in total. The van der Waals surface area contributed by atoms with Crippen molar-refractivity contribution in [1.29, 1.82) is 5.26 Å². The van der Waals surface area contributed by atoms with Crippen LogP contribution in [0, 0.1) is 16.7 Å². The fourth-order valence-electron chi connectivity index (χ4n) is 4.29. The summed E-state index contributed by atoms with van der Waals surface area (Å²) < 4.78 is 27.9. The van der Waals surface area contributed by atoms with Crippen LogP contribution in [-0.2, 0) is 21.2 Å². The van der Waals surface area contributed by atoms with Crippen molar-refractivity contribution >= 4 is 39.0 Å². The summed E-state index contributed by atoms with van der Waals surface area (Å²) in [5.41, 5.74) is 3.32. The van der Waals surface area contributed by atoms with Crippen LogP contribution in [0.3, 0.4) is 0 Å². The number of hydrogen-bond donors (Lipinski definition) is 2. The summed E-state index contributed by atoms with van der Waals surface area (Å²) in [5.74, 6) is 0.426. The Labute approximate surface area is 192 Å². The summed E-state index contributed by atoms with van der Waals surface area (Å²) in [7, 11) is -3.63. The third-order valence-corrected chi connectivity index (χ3v) is 7.92. The van der Waals surface area contributed by atoms with E-state index in [9.17, 15) is 18.5 Å². The van der Waals surface area contributed by atoms with Crippen molar-refractivity contribution < 1.29 is 13.2 Å². The first-order chi connectivity index (χ1) is 15.9. The van der Waals surface area contributed by atoms with E-state index in [-0.39, 0.29) is 11.8 Å². The van der Waals surface area contributed by atoms with Gasteiger partial charge in [-0.05, 0) is 73.1 Å². The zero-order valence-electron chi connectivity index (χ0n) is 18.3. The second-order valence-corrected chi connectivity index (χ2v) is 10.7. The first-order valence-corrected chi connectivity index (χ1v) is 12.8. The van der Waals surface area contributed by atoms with Gasteiger partial charge in [0.05, 0.1) is 17.2 Å². The smallest absolute Gasteiger partial charge is 0.234 e. The minimum Gasteiger partial charge on any atom is -0.346 e. The molecule has 5 rings (SSSR count). The predicted octanol–water partition coefficient (Wildman–Crippen LogP) is 3.96. The SMILES string of the molecule is CCc1cc(NS(=O)(=O)CC2(C#N)CC2)ccc1-c1cc(N(C=O)C2CC2)nc2[nH]ccc12. The van der Waals surface area contributed by atoms with E-state index in [0.717, 1.165) is 41.3 Å². The molecule has 0 spiro atoms. The number of nitrogens with one attached hydrogen (secondary N) is 2. The van der Waals surface area contributed by atoms with Gasteiger partial charge in [0.25, 0.3) is 0 Å². The Morgan fingerprint density at radius 2 is 2.06 bits per heavy atom. The second-order valence-electron chi connectivity index (χ2n) is 8.99. The predicted molar refractivity (Wildman–Crippen MR) is 127 cm³/mol. The number of amides is 1. The van der Waals surface area contributed by atoms with Gasteiger partial charge in [-0.25, -0.2) is 13.4 Å². The Hall–Kier alpha value is -3.38. The molecule has 2 saturated carbocycles. The number of aromatic amines is 1. The molecule has 2 aliphatic carbocycles. The van der Waals surface area contributed by atoms with E-state index in [4.69, 9.17) is 0 Å².